The van der Waals surface area contributed by atoms with Crippen LogP contribution < -0.4 is 0 Å². The number of carbonyl (C=O) groups is 1. The molecule has 0 amide bonds. The molecule has 2 aliphatic rings. The lowest BCUT2D eigenvalue weighted by Crippen LogP contribution is -2.52. The zero-order valence-corrected chi connectivity index (χ0v) is 12.5. The van der Waals surface area contributed by atoms with Gasteiger partial charge in [0.05, 0.1) is 13.0 Å². The number of nitrogens with zero attached hydrogens (tertiary/aromatic N) is 1. The second kappa shape index (κ2) is 7.28. The van der Waals surface area contributed by atoms with Crippen LogP contribution in [0, 0.1) is 0 Å². The van der Waals surface area contributed by atoms with Crippen LogP contribution in [0.4, 0.5) is 0 Å². The molecule has 0 bridgehead atoms. The third-order valence-electron chi connectivity index (χ3n) is 4.84. The van der Waals surface area contributed by atoms with Crippen LogP contribution in [0.25, 0.3) is 0 Å². The van der Waals surface area contributed by atoms with E-state index in [1.807, 2.05) is 6.92 Å². The van der Waals surface area contributed by atoms with Gasteiger partial charge in [0.25, 0.3) is 0 Å². The summed E-state index contributed by atoms with van der Waals surface area (Å²) in [7, 11) is 0. The Labute approximate surface area is 117 Å². The first-order chi connectivity index (χ1) is 9.27. The Morgan fingerprint density at radius 3 is 2.16 bits per heavy atom. The average molecular weight is 267 g/mol. The topological polar surface area (TPSA) is 29.5 Å². The molecule has 0 radical (unpaired) electrons. The maximum Gasteiger partial charge on any atom is 0.307 e. The number of ether oxygens (including phenoxy) is 1. The van der Waals surface area contributed by atoms with Crippen LogP contribution >= 0.6 is 0 Å². The summed E-state index contributed by atoms with van der Waals surface area (Å²) in [6.45, 7) is 4.77. The van der Waals surface area contributed by atoms with Crippen molar-refractivity contribution in [2.75, 3.05) is 19.7 Å². The van der Waals surface area contributed by atoms with Crippen LogP contribution in [0.1, 0.15) is 71.1 Å². The molecular weight excluding hydrogens is 238 g/mol. The maximum atomic E-state index is 12.0. The van der Waals surface area contributed by atoms with Gasteiger partial charge in [0.1, 0.15) is 0 Å². The molecule has 1 saturated carbocycles. The monoisotopic (exact) mass is 267 g/mol. The first kappa shape index (κ1) is 14.8. The van der Waals surface area contributed by atoms with E-state index in [2.05, 4.69) is 4.90 Å². The molecule has 0 spiro atoms. The number of esters is 1. The SMILES string of the molecule is CCOC(=O)CC1(N2CCCCCC2)CCCCC1. The second-order valence-electron chi connectivity index (χ2n) is 6.17. The molecule has 0 aromatic carbocycles. The maximum absolute atomic E-state index is 12.0. The highest BCUT2D eigenvalue weighted by molar-refractivity contribution is 5.71. The van der Waals surface area contributed by atoms with Crippen molar-refractivity contribution >= 4 is 5.97 Å². The van der Waals surface area contributed by atoms with Gasteiger partial charge in [-0.15, -0.1) is 0 Å². The molecule has 1 aliphatic heterocycles. The summed E-state index contributed by atoms with van der Waals surface area (Å²) in [4.78, 5) is 14.6. The van der Waals surface area contributed by atoms with Gasteiger partial charge in [-0.05, 0) is 45.7 Å². The molecule has 0 aromatic rings. The molecule has 2 rings (SSSR count). The third-order valence-corrected chi connectivity index (χ3v) is 4.84. The van der Waals surface area contributed by atoms with Gasteiger partial charge in [-0.1, -0.05) is 32.1 Å². The minimum Gasteiger partial charge on any atom is -0.466 e. The van der Waals surface area contributed by atoms with E-state index in [0.717, 1.165) is 0 Å². The van der Waals surface area contributed by atoms with Crippen molar-refractivity contribution in [1.82, 2.24) is 4.90 Å². The van der Waals surface area contributed by atoms with Gasteiger partial charge >= 0.3 is 5.97 Å². The molecule has 0 N–H and O–H groups in total. The first-order valence-electron chi connectivity index (χ1n) is 8.17. The van der Waals surface area contributed by atoms with E-state index in [1.165, 1.54) is 70.9 Å². The van der Waals surface area contributed by atoms with Crippen molar-refractivity contribution in [3.05, 3.63) is 0 Å². The van der Waals surface area contributed by atoms with Gasteiger partial charge in [-0.25, -0.2) is 0 Å². The van der Waals surface area contributed by atoms with E-state index in [0.29, 0.717) is 13.0 Å². The lowest BCUT2D eigenvalue weighted by atomic mass is 9.77. The molecule has 1 saturated heterocycles. The highest BCUT2D eigenvalue weighted by atomic mass is 16.5. The fourth-order valence-electron chi connectivity index (χ4n) is 3.84. The number of rotatable bonds is 4. The molecule has 110 valence electrons. The molecule has 19 heavy (non-hydrogen) atoms. The second-order valence-corrected chi connectivity index (χ2v) is 6.17. The van der Waals surface area contributed by atoms with Gasteiger partial charge in [0, 0.05) is 5.54 Å². The van der Waals surface area contributed by atoms with Gasteiger partial charge in [0.15, 0.2) is 0 Å². The number of hydrogen-bond acceptors (Lipinski definition) is 3. The van der Waals surface area contributed by atoms with Crippen molar-refractivity contribution < 1.29 is 9.53 Å². The zero-order valence-electron chi connectivity index (χ0n) is 12.5. The average Bonchev–Trinajstić information content (AvgIpc) is 2.69. The Bertz CT molecular complexity index is 276. The summed E-state index contributed by atoms with van der Waals surface area (Å²) < 4.78 is 5.23. The molecule has 0 atom stereocenters. The van der Waals surface area contributed by atoms with Gasteiger partial charge in [-0.2, -0.15) is 0 Å². The summed E-state index contributed by atoms with van der Waals surface area (Å²) in [5.41, 5.74) is 0.120. The van der Waals surface area contributed by atoms with Crippen molar-refractivity contribution in [2.45, 2.75) is 76.7 Å². The quantitative estimate of drug-likeness (QED) is 0.730. The lowest BCUT2D eigenvalue weighted by Gasteiger charge is -2.46. The predicted molar refractivity (Wildman–Crippen MR) is 77.1 cm³/mol. The van der Waals surface area contributed by atoms with Crippen LogP contribution in [0.2, 0.25) is 0 Å². The highest BCUT2D eigenvalue weighted by Gasteiger charge is 2.40. The van der Waals surface area contributed by atoms with Gasteiger partial charge in [0.2, 0.25) is 0 Å². The fraction of sp³-hybridized carbons (Fsp3) is 0.938. The summed E-state index contributed by atoms with van der Waals surface area (Å²) in [5, 5.41) is 0. The fourth-order valence-corrected chi connectivity index (χ4v) is 3.84. The van der Waals surface area contributed by atoms with Gasteiger partial charge < -0.3 is 4.74 Å². The number of likely N-dealkylation sites (tertiary alicyclic amines) is 1. The molecule has 3 heteroatoms. The molecule has 1 aliphatic carbocycles. The number of hydrogen-bond donors (Lipinski definition) is 0. The van der Waals surface area contributed by atoms with Crippen LogP contribution in [-0.4, -0.2) is 36.1 Å². The minimum absolute atomic E-state index is 0.00801. The third kappa shape index (κ3) is 3.95. The van der Waals surface area contributed by atoms with Crippen LogP contribution in [-0.2, 0) is 9.53 Å². The Hall–Kier alpha value is -0.570. The van der Waals surface area contributed by atoms with E-state index < -0.39 is 0 Å². The summed E-state index contributed by atoms with van der Waals surface area (Å²) in [6.07, 6.45) is 12.2. The predicted octanol–water partition coefficient (Wildman–Crippen LogP) is 3.52. The van der Waals surface area contributed by atoms with E-state index in [4.69, 9.17) is 4.74 Å². The van der Waals surface area contributed by atoms with Crippen molar-refractivity contribution in [1.29, 1.82) is 0 Å². The zero-order chi connectivity index (χ0) is 13.6. The van der Waals surface area contributed by atoms with Crippen LogP contribution in [0.3, 0.4) is 0 Å². The Morgan fingerprint density at radius 2 is 1.58 bits per heavy atom. The van der Waals surface area contributed by atoms with Gasteiger partial charge in [-0.3, -0.25) is 9.69 Å². The van der Waals surface area contributed by atoms with E-state index in [1.54, 1.807) is 0 Å². The largest absolute Gasteiger partial charge is 0.466 e. The molecule has 3 nitrogen and oxygen atoms in total. The molecular formula is C16H29NO2. The van der Waals surface area contributed by atoms with Crippen LogP contribution in [0.5, 0.6) is 0 Å². The Balaban J connectivity index is 2.05. The summed E-state index contributed by atoms with van der Waals surface area (Å²) in [5.74, 6) is 0.00801. The Morgan fingerprint density at radius 1 is 1.00 bits per heavy atom. The van der Waals surface area contributed by atoms with Crippen molar-refractivity contribution in [3.8, 4) is 0 Å². The summed E-state index contributed by atoms with van der Waals surface area (Å²) in [6, 6.07) is 0. The molecule has 2 fully saturated rings. The minimum atomic E-state index is 0.00801. The van der Waals surface area contributed by atoms with E-state index in [-0.39, 0.29) is 11.5 Å². The highest BCUT2D eigenvalue weighted by Crippen LogP contribution is 2.38. The van der Waals surface area contributed by atoms with E-state index in [9.17, 15) is 4.79 Å². The number of carbonyl (C=O) groups excluding carboxylic acids is 1. The van der Waals surface area contributed by atoms with E-state index >= 15 is 0 Å². The molecule has 1 heterocycles. The van der Waals surface area contributed by atoms with Crippen molar-refractivity contribution in [2.24, 2.45) is 0 Å². The normalized spacial score (nSPS) is 24.7. The molecule has 0 unspecified atom stereocenters. The smallest absolute Gasteiger partial charge is 0.307 e. The molecule has 0 aromatic heterocycles. The first-order valence-corrected chi connectivity index (χ1v) is 8.17. The lowest BCUT2D eigenvalue weighted by molar-refractivity contribution is -0.147. The summed E-state index contributed by atoms with van der Waals surface area (Å²) >= 11 is 0. The standard InChI is InChI=1S/C16H29NO2/c1-2-19-15(18)14-16(10-6-5-7-11-16)17-12-8-3-4-9-13-17/h2-14H2,1H3. The van der Waals surface area contributed by atoms with Crippen LogP contribution in [0.15, 0.2) is 0 Å². The van der Waals surface area contributed by atoms with Crippen molar-refractivity contribution in [3.63, 3.8) is 0 Å². The Kier molecular flexibility index (Phi) is 5.68.